The van der Waals surface area contributed by atoms with Crippen molar-refractivity contribution in [1.82, 2.24) is 9.38 Å². The summed E-state index contributed by atoms with van der Waals surface area (Å²) in [6.45, 7) is 2.21. The molecule has 0 saturated carbocycles. The Kier molecular flexibility index (Phi) is 3.75. The maximum Gasteiger partial charge on any atom is 0.258 e. The van der Waals surface area contributed by atoms with Crippen LogP contribution in [-0.2, 0) is 6.61 Å². The van der Waals surface area contributed by atoms with Crippen molar-refractivity contribution in [3.8, 4) is 5.75 Å². The van der Waals surface area contributed by atoms with Gasteiger partial charge in [0.1, 0.15) is 6.61 Å². The number of ether oxygens (including phenoxy) is 1. The van der Waals surface area contributed by atoms with Crippen molar-refractivity contribution in [2.45, 2.75) is 13.5 Å². The van der Waals surface area contributed by atoms with Gasteiger partial charge in [-0.25, -0.2) is 4.98 Å². The van der Waals surface area contributed by atoms with Crippen molar-refractivity contribution in [2.24, 2.45) is 0 Å². The molecule has 0 atom stereocenters. The number of rotatable bonds is 3. The lowest BCUT2D eigenvalue weighted by molar-refractivity contribution is 0.307. The average Bonchev–Trinajstić information content (AvgIpc) is 2.46. The number of pyridine rings is 1. The number of fused-ring (bicyclic) bond motifs is 1. The predicted octanol–water partition coefficient (Wildman–Crippen LogP) is 3.34. The molecular weight excluding hydrogens is 332 g/mol. The highest BCUT2D eigenvalue weighted by Crippen LogP contribution is 2.21. The van der Waals surface area contributed by atoms with Gasteiger partial charge in [-0.05, 0) is 25.1 Å². The Hall–Kier alpha value is -2.14. The molecule has 2 heterocycles. The number of hydrogen-bond acceptors (Lipinski definition) is 3. The van der Waals surface area contributed by atoms with Crippen LogP contribution in [0.1, 0.15) is 11.3 Å². The molecule has 0 N–H and O–H groups in total. The largest absolute Gasteiger partial charge is 0.485 e. The van der Waals surface area contributed by atoms with Crippen LogP contribution in [-0.4, -0.2) is 9.38 Å². The molecule has 0 aliphatic rings. The van der Waals surface area contributed by atoms with Crippen LogP contribution in [0.15, 0.2) is 57.9 Å². The van der Waals surface area contributed by atoms with Gasteiger partial charge in [-0.3, -0.25) is 9.20 Å². The van der Waals surface area contributed by atoms with Crippen LogP contribution >= 0.6 is 15.9 Å². The highest BCUT2D eigenvalue weighted by atomic mass is 79.9. The third-order valence-corrected chi connectivity index (χ3v) is 3.90. The molecule has 0 unspecified atom stereocenters. The Morgan fingerprint density at radius 2 is 2.05 bits per heavy atom. The van der Waals surface area contributed by atoms with Crippen LogP contribution in [0.2, 0.25) is 0 Å². The maximum atomic E-state index is 11.9. The molecule has 0 amide bonds. The zero-order valence-corrected chi connectivity index (χ0v) is 13.0. The van der Waals surface area contributed by atoms with Crippen LogP contribution in [0, 0.1) is 6.92 Å². The Morgan fingerprint density at radius 1 is 1.24 bits per heavy atom. The van der Waals surface area contributed by atoms with Crippen LogP contribution in [0.4, 0.5) is 0 Å². The van der Waals surface area contributed by atoms with Gasteiger partial charge in [0.2, 0.25) is 0 Å². The molecule has 0 radical (unpaired) electrons. The van der Waals surface area contributed by atoms with E-state index in [0.29, 0.717) is 23.7 Å². The van der Waals surface area contributed by atoms with Gasteiger partial charge in [0, 0.05) is 28.0 Å². The monoisotopic (exact) mass is 344 g/mol. The third kappa shape index (κ3) is 2.83. The quantitative estimate of drug-likeness (QED) is 0.731. The van der Waals surface area contributed by atoms with Gasteiger partial charge in [-0.1, -0.05) is 34.1 Å². The first-order valence-corrected chi connectivity index (χ1v) is 7.30. The highest BCUT2D eigenvalue weighted by molar-refractivity contribution is 9.10. The molecule has 0 spiro atoms. The first-order chi connectivity index (χ1) is 10.1. The second kappa shape index (κ2) is 5.69. The SMILES string of the molecule is Cc1cc(=O)n2cccc(OCc3ccccc3Br)c2n1. The lowest BCUT2D eigenvalue weighted by atomic mass is 10.2. The molecule has 21 heavy (non-hydrogen) atoms. The summed E-state index contributed by atoms with van der Waals surface area (Å²) >= 11 is 3.49. The first-order valence-electron chi connectivity index (χ1n) is 6.50. The number of hydrogen-bond donors (Lipinski definition) is 0. The van der Waals surface area contributed by atoms with Crippen LogP contribution in [0.5, 0.6) is 5.75 Å². The molecule has 0 bridgehead atoms. The topological polar surface area (TPSA) is 43.6 Å². The molecule has 106 valence electrons. The van der Waals surface area contributed by atoms with E-state index in [1.54, 1.807) is 19.2 Å². The summed E-state index contributed by atoms with van der Waals surface area (Å²) in [4.78, 5) is 16.3. The van der Waals surface area contributed by atoms with Crippen LogP contribution in [0.3, 0.4) is 0 Å². The number of aryl methyl sites for hydroxylation is 1. The van der Waals surface area contributed by atoms with Crippen molar-refractivity contribution in [3.63, 3.8) is 0 Å². The number of halogens is 1. The van der Waals surface area contributed by atoms with Crippen molar-refractivity contribution in [2.75, 3.05) is 0 Å². The molecule has 3 aromatic rings. The predicted molar refractivity (Wildman–Crippen MR) is 84.7 cm³/mol. The van der Waals surface area contributed by atoms with E-state index in [2.05, 4.69) is 20.9 Å². The Balaban J connectivity index is 1.98. The Morgan fingerprint density at radius 3 is 2.86 bits per heavy atom. The zero-order chi connectivity index (χ0) is 14.8. The minimum absolute atomic E-state index is 0.108. The fourth-order valence-corrected chi connectivity index (χ4v) is 2.50. The summed E-state index contributed by atoms with van der Waals surface area (Å²) in [6.07, 6.45) is 1.69. The van der Waals surface area contributed by atoms with Gasteiger partial charge in [-0.2, -0.15) is 0 Å². The minimum Gasteiger partial charge on any atom is -0.485 e. The summed E-state index contributed by atoms with van der Waals surface area (Å²) in [5.41, 5.74) is 2.14. The minimum atomic E-state index is -0.108. The van der Waals surface area contributed by atoms with Gasteiger partial charge >= 0.3 is 0 Å². The van der Waals surface area contributed by atoms with E-state index in [4.69, 9.17) is 4.74 Å². The van der Waals surface area contributed by atoms with Gasteiger partial charge < -0.3 is 4.74 Å². The summed E-state index contributed by atoms with van der Waals surface area (Å²) in [5.74, 6) is 0.592. The fraction of sp³-hybridized carbons (Fsp3) is 0.125. The number of nitrogens with zero attached hydrogens (tertiary/aromatic N) is 2. The van der Waals surface area contributed by atoms with E-state index in [9.17, 15) is 4.79 Å². The molecule has 0 aliphatic carbocycles. The molecule has 0 saturated heterocycles. The Labute approximate surface area is 130 Å². The van der Waals surface area contributed by atoms with Crippen molar-refractivity contribution < 1.29 is 4.74 Å². The van der Waals surface area contributed by atoms with Crippen molar-refractivity contribution >= 4 is 21.6 Å². The van der Waals surface area contributed by atoms with E-state index < -0.39 is 0 Å². The molecule has 0 aliphatic heterocycles. The van der Waals surface area contributed by atoms with E-state index >= 15 is 0 Å². The van der Waals surface area contributed by atoms with Gasteiger partial charge in [0.15, 0.2) is 11.4 Å². The summed E-state index contributed by atoms with van der Waals surface area (Å²) in [7, 11) is 0. The smallest absolute Gasteiger partial charge is 0.258 e. The molecule has 0 fully saturated rings. The molecule has 1 aromatic carbocycles. The Bertz CT molecular complexity index is 858. The first kappa shape index (κ1) is 13.8. The van der Waals surface area contributed by atoms with E-state index in [-0.39, 0.29) is 5.56 Å². The summed E-state index contributed by atoms with van der Waals surface area (Å²) in [6, 6.07) is 13.0. The fourth-order valence-electron chi connectivity index (χ4n) is 2.10. The standard InChI is InChI=1S/C16H13BrN2O2/c1-11-9-15(20)19-8-4-7-14(16(19)18-11)21-10-12-5-2-3-6-13(12)17/h2-9H,10H2,1H3. The second-order valence-electron chi connectivity index (χ2n) is 4.68. The zero-order valence-electron chi connectivity index (χ0n) is 11.4. The molecule has 4 nitrogen and oxygen atoms in total. The number of benzene rings is 1. The van der Waals surface area contributed by atoms with Gasteiger partial charge in [0.25, 0.3) is 5.56 Å². The van der Waals surface area contributed by atoms with E-state index in [1.165, 1.54) is 10.5 Å². The molecule has 2 aromatic heterocycles. The second-order valence-corrected chi connectivity index (χ2v) is 5.54. The van der Waals surface area contributed by atoms with Crippen LogP contribution < -0.4 is 10.3 Å². The summed E-state index contributed by atoms with van der Waals surface area (Å²) in [5, 5.41) is 0. The summed E-state index contributed by atoms with van der Waals surface area (Å²) < 4.78 is 8.32. The lowest BCUT2D eigenvalue weighted by Gasteiger charge is -2.10. The lowest BCUT2D eigenvalue weighted by Crippen LogP contribution is -2.15. The maximum absolute atomic E-state index is 11.9. The molecular formula is C16H13BrN2O2. The van der Waals surface area contributed by atoms with E-state index in [0.717, 1.165) is 10.0 Å². The van der Waals surface area contributed by atoms with Crippen LogP contribution in [0.25, 0.3) is 5.65 Å². The normalized spacial score (nSPS) is 10.8. The van der Waals surface area contributed by atoms with E-state index in [1.807, 2.05) is 30.3 Å². The average molecular weight is 345 g/mol. The molecule has 5 heteroatoms. The third-order valence-electron chi connectivity index (χ3n) is 3.12. The van der Waals surface area contributed by atoms with Gasteiger partial charge in [0.05, 0.1) is 0 Å². The highest BCUT2D eigenvalue weighted by Gasteiger charge is 2.07. The van der Waals surface area contributed by atoms with Crippen molar-refractivity contribution in [3.05, 3.63) is 74.7 Å². The molecule has 3 rings (SSSR count). The van der Waals surface area contributed by atoms with Crippen molar-refractivity contribution in [1.29, 1.82) is 0 Å². The number of aromatic nitrogens is 2. The van der Waals surface area contributed by atoms with Gasteiger partial charge in [-0.15, -0.1) is 0 Å².